The van der Waals surface area contributed by atoms with Crippen LogP contribution in [0.4, 0.5) is 0 Å². The van der Waals surface area contributed by atoms with Gasteiger partial charge in [0, 0.05) is 36.3 Å². The minimum absolute atomic E-state index is 0.0427. The van der Waals surface area contributed by atoms with Gasteiger partial charge in [-0.15, -0.1) is 11.3 Å². The van der Waals surface area contributed by atoms with Gasteiger partial charge < -0.3 is 0 Å². The normalized spacial score (nSPS) is 20.7. The van der Waals surface area contributed by atoms with Gasteiger partial charge in [0.05, 0.1) is 5.69 Å². The summed E-state index contributed by atoms with van der Waals surface area (Å²) in [6.07, 6.45) is 7.13. The predicted molar refractivity (Wildman–Crippen MR) is 80.1 cm³/mol. The Hall–Kier alpha value is -1.20. The van der Waals surface area contributed by atoms with Crippen molar-refractivity contribution in [2.75, 3.05) is 0 Å². The third kappa shape index (κ3) is 2.29. The molecule has 2 aliphatic carbocycles. The Balaban J connectivity index is 1.62. The van der Waals surface area contributed by atoms with Crippen molar-refractivity contribution < 1.29 is 0 Å². The van der Waals surface area contributed by atoms with Crippen molar-refractivity contribution in [3.8, 4) is 0 Å². The first kappa shape index (κ1) is 12.5. The molecule has 2 aromatic heterocycles. The summed E-state index contributed by atoms with van der Waals surface area (Å²) in [6, 6.07) is 3.05. The van der Waals surface area contributed by atoms with Gasteiger partial charge in [0.25, 0.3) is 5.56 Å². The van der Waals surface area contributed by atoms with E-state index in [2.05, 4.69) is 16.8 Å². The zero-order valence-corrected chi connectivity index (χ0v) is 12.5. The van der Waals surface area contributed by atoms with E-state index >= 15 is 0 Å². The highest BCUT2D eigenvalue weighted by Gasteiger charge is 2.39. The lowest BCUT2D eigenvalue weighted by atomic mass is 10.1. The molecule has 4 rings (SSSR count). The number of rotatable bonds is 5. The third-order valence-corrected chi connectivity index (χ3v) is 5.30. The van der Waals surface area contributed by atoms with Gasteiger partial charge in [-0.25, -0.2) is 4.98 Å². The summed E-state index contributed by atoms with van der Waals surface area (Å²) in [7, 11) is 0. The van der Waals surface area contributed by atoms with Gasteiger partial charge in [0.2, 0.25) is 0 Å². The monoisotopic (exact) mass is 289 g/mol. The van der Waals surface area contributed by atoms with E-state index in [9.17, 15) is 4.79 Å². The van der Waals surface area contributed by atoms with Crippen LogP contribution in [0.5, 0.6) is 0 Å². The molecule has 4 nitrogen and oxygen atoms in total. The maximum absolute atomic E-state index is 12.1. The summed E-state index contributed by atoms with van der Waals surface area (Å²) >= 11 is 1.53. The van der Waals surface area contributed by atoms with Crippen molar-refractivity contribution in [3.05, 3.63) is 33.7 Å². The van der Waals surface area contributed by atoms with Crippen LogP contribution in [0.1, 0.15) is 38.3 Å². The van der Waals surface area contributed by atoms with E-state index in [4.69, 9.17) is 0 Å². The summed E-state index contributed by atoms with van der Waals surface area (Å²) < 4.78 is 1.62. The number of aromatic nitrogens is 2. The fraction of sp³-hybridized carbons (Fsp3) is 0.600. The van der Waals surface area contributed by atoms with Crippen molar-refractivity contribution in [1.82, 2.24) is 14.3 Å². The largest absolute Gasteiger partial charge is 0.292 e. The Kier molecular flexibility index (Phi) is 2.93. The molecule has 5 heteroatoms. The standard InChI is InChI=1S/C15H19N3OS/c1-10(11-2-3-11)18(13-4-5-13)9-12-8-14(19)17-6-7-20-15(17)16-12/h6-8,10-11,13H,2-5,9H2,1H3/t10-/m0/s1. The molecule has 0 saturated heterocycles. The van der Waals surface area contributed by atoms with Crippen molar-refractivity contribution in [2.45, 2.75) is 51.2 Å². The lowest BCUT2D eigenvalue weighted by Gasteiger charge is -2.28. The van der Waals surface area contributed by atoms with E-state index in [0.717, 1.165) is 23.1 Å². The first-order chi connectivity index (χ1) is 9.72. The van der Waals surface area contributed by atoms with Crippen LogP contribution in [-0.4, -0.2) is 26.4 Å². The lowest BCUT2D eigenvalue weighted by Crippen LogP contribution is -2.36. The summed E-state index contributed by atoms with van der Waals surface area (Å²) in [5.74, 6) is 0.863. The molecule has 2 aromatic rings. The number of fused-ring (bicyclic) bond motifs is 1. The average Bonchev–Trinajstić information content (AvgIpc) is 3.33. The quantitative estimate of drug-likeness (QED) is 0.849. The van der Waals surface area contributed by atoms with E-state index in [1.807, 2.05) is 5.38 Å². The number of hydrogen-bond acceptors (Lipinski definition) is 4. The molecule has 1 atom stereocenters. The Labute approximate surface area is 122 Å². The SMILES string of the molecule is C[C@@H](C1CC1)N(Cc1cc(=O)n2ccsc2n1)C1CC1. The van der Waals surface area contributed by atoms with Crippen LogP contribution in [0.25, 0.3) is 4.96 Å². The maximum atomic E-state index is 12.1. The highest BCUT2D eigenvalue weighted by molar-refractivity contribution is 7.15. The van der Waals surface area contributed by atoms with Gasteiger partial charge in [0.15, 0.2) is 4.96 Å². The van der Waals surface area contributed by atoms with Crippen molar-refractivity contribution in [1.29, 1.82) is 0 Å². The molecule has 0 spiro atoms. The minimum atomic E-state index is 0.0427. The maximum Gasteiger partial charge on any atom is 0.258 e. The van der Waals surface area contributed by atoms with Crippen molar-refractivity contribution in [2.24, 2.45) is 5.92 Å². The van der Waals surface area contributed by atoms with Gasteiger partial charge in [-0.3, -0.25) is 14.1 Å². The topological polar surface area (TPSA) is 37.6 Å². The van der Waals surface area contributed by atoms with Gasteiger partial charge >= 0.3 is 0 Å². The van der Waals surface area contributed by atoms with Gasteiger partial charge in [-0.05, 0) is 38.5 Å². The second-order valence-corrected chi connectivity index (χ2v) is 7.00. The molecule has 0 amide bonds. The van der Waals surface area contributed by atoms with Gasteiger partial charge in [0.1, 0.15) is 0 Å². The zero-order chi connectivity index (χ0) is 13.7. The second kappa shape index (κ2) is 4.67. The Morgan fingerprint density at radius 3 is 2.95 bits per heavy atom. The zero-order valence-electron chi connectivity index (χ0n) is 11.7. The van der Waals surface area contributed by atoms with E-state index in [0.29, 0.717) is 12.1 Å². The molecular weight excluding hydrogens is 270 g/mol. The summed E-state index contributed by atoms with van der Waals surface area (Å²) in [5.41, 5.74) is 0.970. The van der Waals surface area contributed by atoms with Gasteiger partial charge in [-0.1, -0.05) is 0 Å². The van der Waals surface area contributed by atoms with Crippen LogP contribution in [0, 0.1) is 5.92 Å². The molecular formula is C15H19N3OS. The molecule has 2 saturated carbocycles. The van der Waals surface area contributed by atoms with Crippen LogP contribution in [-0.2, 0) is 6.54 Å². The smallest absolute Gasteiger partial charge is 0.258 e. The van der Waals surface area contributed by atoms with Crippen LogP contribution in [0.3, 0.4) is 0 Å². The van der Waals surface area contributed by atoms with Gasteiger partial charge in [-0.2, -0.15) is 0 Å². The van der Waals surface area contributed by atoms with Crippen molar-refractivity contribution in [3.63, 3.8) is 0 Å². The van der Waals surface area contributed by atoms with Crippen LogP contribution in [0.2, 0.25) is 0 Å². The molecule has 0 N–H and O–H groups in total. The fourth-order valence-corrected chi connectivity index (χ4v) is 3.76. The third-order valence-electron chi connectivity index (χ3n) is 4.54. The van der Waals surface area contributed by atoms with Crippen molar-refractivity contribution >= 4 is 16.3 Å². The highest BCUT2D eigenvalue weighted by Crippen LogP contribution is 2.40. The Morgan fingerprint density at radius 2 is 2.25 bits per heavy atom. The lowest BCUT2D eigenvalue weighted by molar-refractivity contribution is 0.168. The van der Waals surface area contributed by atoms with Crippen LogP contribution in [0.15, 0.2) is 22.4 Å². The summed E-state index contributed by atoms with van der Waals surface area (Å²) in [4.78, 5) is 20.1. The van der Waals surface area contributed by atoms with E-state index in [1.165, 1.54) is 37.0 Å². The Morgan fingerprint density at radius 1 is 1.45 bits per heavy atom. The molecule has 0 aliphatic heterocycles. The summed E-state index contributed by atoms with van der Waals surface area (Å²) in [5, 5.41) is 1.92. The summed E-state index contributed by atoms with van der Waals surface area (Å²) in [6.45, 7) is 3.17. The molecule has 2 heterocycles. The molecule has 0 aromatic carbocycles. The van der Waals surface area contributed by atoms with Crippen LogP contribution >= 0.6 is 11.3 Å². The number of nitrogens with zero attached hydrogens (tertiary/aromatic N) is 3. The number of thiazole rings is 1. The molecule has 0 radical (unpaired) electrons. The fourth-order valence-electron chi connectivity index (χ4n) is 3.02. The molecule has 2 fully saturated rings. The van der Waals surface area contributed by atoms with E-state index < -0.39 is 0 Å². The molecule has 0 bridgehead atoms. The average molecular weight is 289 g/mol. The first-order valence-electron chi connectivity index (χ1n) is 7.44. The number of hydrogen-bond donors (Lipinski definition) is 0. The van der Waals surface area contributed by atoms with E-state index in [-0.39, 0.29) is 5.56 Å². The highest BCUT2D eigenvalue weighted by atomic mass is 32.1. The van der Waals surface area contributed by atoms with Crippen LogP contribution < -0.4 is 5.56 Å². The first-order valence-corrected chi connectivity index (χ1v) is 8.32. The molecule has 2 aliphatic rings. The van der Waals surface area contributed by atoms with E-state index in [1.54, 1.807) is 16.7 Å². The minimum Gasteiger partial charge on any atom is -0.292 e. The molecule has 106 valence electrons. The molecule has 20 heavy (non-hydrogen) atoms. The second-order valence-electron chi connectivity index (χ2n) is 6.12. The molecule has 0 unspecified atom stereocenters. The predicted octanol–water partition coefficient (Wildman–Crippen LogP) is 2.52. The Bertz CT molecular complexity index is 684.